The zero-order valence-electron chi connectivity index (χ0n) is 11.1. The summed E-state index contributed by atoms with van der Waals surface area (Å²) in [5.41, 5.74) is 6.84. The number of carbonyl (C=O) groups is 1. The number of hydrogen-bond donors (Lipinski definition) is 3. The van der Waals surface area contributed by atoms with E-state index in [1.165, 1.54) is 0 Å². The first-order valence-corrected chi connectivity index (χ1v) is 6.17. The molecule has 0 heterocycles. The fraction of sp³-hybridized carbons (Fsp3) is 0.500. The molecule has 18 heavy (non-hydrogen) atoms. The summed E-state index contributed by atoms with van der Waals surface area (Å²) in [6.45, 7) is 4.81. The predicted octanol–water partition coefficient (Wildman–Crippen LogP) is 0.936. The second-order valence-corrected chi connectivity index (χ2v) is 5.20. The number of carbonyl (C=O) groups excluding carboxylic acids is 1. The smallest absolute Gasteiger partial charge is 0.251 e. The van der Waals surface area contributed by atoms with Crippen molar-refractivity contribution in [2.75, 3.05) is 19.7 Å². The number of benzene rings is 1. The van der Waals surface area contributed by atoms with Crippen molar-refractivity contribution in [1.82, 2.24) is 5.32 Å². The van der Waals surface area contributed by atoms with Crippen molar-refractivity contribution in [2.24, 2.45) is 11.1 Å². The molecule has 0 saturated heterocycles. The fourth-order valence-corrected chi connectivity index (χ4v) is 1.59. The zero-order chi connectivity index (χ0) is 13.6. The summed E-state index contributed by atoms with van der Waals surface area (Å²) in [4.78, 5) is 12.1. The standard InChI is InChI=1S/C14H22N2O2/c1-14(2,10-17)9-16-13(18)12-6-4-3-5-11(12)7-8-15/h3-6,17H,7-10,15H2,1-2H3,(H,16,18). The van der Waals surface area contributed by atoms with Crippen LogP contribution in [0.2, 0.25) is 0 Å². The summed E-state index contributed by atoms with van der Waals surface area (Å²) in [5.74, 6) is -0.111. The molecule has 1 rings (SSSR count). The van der Waals surface area contributed by atoms with E-state index in [0.29, 0.717) is 25.1 Å². The Hall–Kier alpha value is -1.39. The van der Waals surface area contributed by atoms with Gasteiger partial charge in [-0.15, -0.1) is 0 Å². The van der Waals surface area contributed by atoms with Gasteiger partial charge in [0, 0.05) is 24.1 Å². The molecule has 1 amide bonds. The molecule has 4 nitrogen and oxygen atoms in total. The SMILES string of the molecule is CC(C)(CO)CNC(=O)c1ccccc1CCN. The molecule has 1 aromatic rings. The van der Waals surface area contributed by atoms with Crippen LogP contribution >= 0.6 is 0 Å². The molecule has 0 atom stereocenters. The zero-order valence-corrected chi connectivity index (χ0v) is 11.1. The van der Waals surface area contributed by atoms with Crippen LogP contribution in [-0.4, -0.2) is 30.7 Å². The van der Waals surface area contributed by atoms with Crippen LogP contribution in [0.1, 0.15) is 29.8 Å². The first-order valence-electron chi connectivity index (χ1n) is 6.17. The minimum atomic E-state index is -0.307. The van der Waals surface area contributed by atoms with E-state index in [1.54, 1.807) is 6.07 Å². The van der Waals surface area contributed by atoms with Crippen molar-refractivity contribution >= 4 is 5.91 Å². The Labute approximate surface area is 108 Å². The predicted molar refractivity (Wildman–Crippen MR) is 72.4 cm³/mol. The number of amides is 1. The maximum atomic E-state index is 12.1. The molecule has 0 unspecified atom stereocenters. The average Bonchev–Trinajstić information content (AvgIpc) is 2.37. The monoisotopic (exact) mass is 250 g/mol. The van der Waals surface area contributed by atoms with Crippen molar-refractivity contribution in [3.8, 4) is 0 Å². The molecule has 0 aliphatic heterocycles. The minimum absolute atomic E-state index is 0.0394. The van der Waals surface area contributed by atoms with Gasteiger partial charge in [0.05, 0.1) is 0 Å². The molecule has 0 aromatic heterocycles. The van der Waals surface area contributed by atoms with Crippen LogP contribution in [0.4, 0.5) is 0 Å². The quantitative estimate of drug-likeness (QED) is 0.703. The van der Waals surface area contributed by atoms with E-state index in [2.05, 4.69) is 5.32 Å². The van der Waals surface area contributed by atoms with E-state index in [0.717, 1.165) is 5.56 Å². The van der Waals surface area contributed by atoms with E-state index < -0.39 is 0 Å². The van der Waals surface area contributed by atoms with Crippen molar-refractivity contribution in [2.45, 2.75) is 20.3 Å². The van der Waals surface area contributed by atoms with Crippen LogP contribution in [0.5, 0.6) is 0 Å². The Morgan fingerprint density at radius 1 is 1.39 bits per heavy atom. The Balaban J connectivity index is 2.72. The maximum Gasteiger partial charge on any atom is 0.251 e. The number of nitrogens with two attached hydrogens (primary N) is 1. The molecule has 0 fully saturated rings. The Bertz CT molecular complexity index is 403. The molecule has 1 aromatic carbocycles. The molecular weight excluding hydrogens is 228 g/mol. The highest BCUT2D eigenvalue weighted by molar-refractivity contribution is 5.95. The van der Waals surface area contributed by atoms with Crippen LogP contribution < -0.4 is 11.1 Å². The number of hydrogen-bond acceptors (Lipinski definition) is 3. The minimum Gasteiger partial charge on any atom is -0.396 e. The molecule has 0 radical (unpaired) electrons. The Morgan fingerprint density at radius 2 is 2.06 bits per heavy atom. The summed E-state index contributed by atoms with van der Waals surface area (Å²) in [7, 11) is 0. The first-order chi connectivity index (χ1) is 8.50. The van der Waals surface area contributed by atoms with Gasteiger partial charge in [-0.2, -0.15) is 0 Å². The molecule has 0 bridgehead atoms. The highest BCUT2D eigenvalue weighted by Crippen LogP contribution is 2.13. The fourth-order valence-electron chi connectivity index (χ4n) is 1.59. The normalized spacial score (nSPS) is 11.3. The summed E-state index contributed by atoms with van der Waals surface area (Å²) < 4.78 is 0. The highest BCUT2D eigenvalue weighted by Gasteiger charge is 2.18. The van der Waals surface area contributed by atoms with Crippen LogP contribution in [0, 0.1) is 5.41 Å². The van der Waals surface area contributed by atoms with Gasteiger partial charge in [-0.25, -0.2) is 0 Å². The molecule has 0 saturated carbocycles. The summed E-state index contributed by atoms with van der Waals surface area (Å²) in [6.07, 6.45) is 0.687. The summed E-state index contributed by atoms with van der Waals surface area (Å²) in [6, 6.07) is 7.46. The second kappa shape index (κ2) is 6.52. The topological polar surface area (TPSA) is 75.3 Å². The van der Waals surface area contributed by atoms with Crippen LogP contribution in [0.15, 0.2) is 24.3 Å². The third-order valence-electron chi connectivity index (χ3n) is 2.83. The number of aliphatic hydroxyl groups excluding tert-OH is 1. The molecule has 4 heteroatoms. The third kappa shape index (κ3) is 4.13. The van der Waals surface area contributed by atoms with Gasteiger partial charge in [0.15, 0.2) is 0 Å². The van der Waals surface area contributed by atoms with Crippen molar-refractivity contribution in [1.29, 1.82) is 0 Å². The molecule has 100 valence electrons. The average molecular weight is 250 g/mol. The molecule has 0 spiro atoms. The van der Waals surface area contributed by atoms with Gasteiger partial charge in [0.25, 0.3) is 5.91 Å². The molecular formula is C14H22N2O2. The largest absolute Gasteiger partial charge is 0.396 e. The van der Waals surface area contributed by atoms with Gasteiger partial charge in [0.2, 0.25) is 0 Å². The summed E-state index contributed by atoms with van der Waals surface area (Å²) >= 11 is 0. The number of nitrogens with one attached hydrogen (secondary N) is 1. The van der Waals surface area contributed by atoms with E-state index in [1.807, 2.05) is 32.0 Å². The van der Waals surface area contributed by atoms with Crippen molar-refractivity contribution in [3.63, 3.8) is 0 Å². The lowest BCUT2D eigenvalue weighted by Crippen LogP contribution is -2.36. The van der Waals surface area contributed by atoms with Crippen LogP contribution in [0.25, 0.3) is 0 Å². The summed E-state index contributed by atoms with van der Waals surface area (Å²) in [5, 5.41) is 12.0. The van der Waals surface area contributed by atoms with Crippen molar-refractivity contribution < 1.29 is 9.90 Å². The molecule has 0 aliphatic rings. The lowest BCUT2D eigenvalue weighted by Gasteiger charge is -2.22. The Kier molecular flexibility index (Phi) is 5.31. The van der Waals surface area contributed by atoms with E-state index in [4.69, 9.17) is 10.8 Å². The van der Waals surface area contributed by atoms with E-state index >= 15 is 0 Å². The molecule has 0 aliphatic carbocycles. The highest BCUT2D eigenvalue weighted by atomic mass is 16.3. The second-order valence-electron chi connectivity index (χ2n) is 5.20. The third-order valence-corrected chi connectivity index (χ3v) is 2.83. The lowest BCUT2D eigenvalue weighted by atomic mass is 9.94. The van der Waals surface area contributed by atoms with Crippen LogP contribution in [0.3, 0.4) is 0 Å². The van der Waals surface area contributed by atoms with E-state index in [9.17, 15) is 4.79 Å². The van der Waals surface area contributed by atoms with Gasteiger partial charge < -0.3 is 16.2 Å². The van der Waals surface area contributed by atoms with Crippen molar-refractivity contribution in [3.05, 3.63) is 35.4 Å². The van der Waals surface area contributed by atoms with Gasteiger partial charge in [-0.1, -0.05) is 32.0 Å². The van der Waals surface area contributed by atoms with Gasteiger partial charge >= 0.3 is 0 Å². The lowest BCUT2D eigenvalue weighted by molar-refractivity contribution is 0.0910. The van der Waals surface area contributed by atoms with E-state index in [-0.39, 0.29) is 17.9 Å². The first kappa shape index (κ1) is 14.7. The number of aliphatic hydroxyl groups is 1. The van der Waals surface area contributed by atoms with Crippen LogP contribution in [-0.2, 0) is 6.42 Å². The number of rotatable bonds is 6. The van der Waals surface area contributed by atoms with Gasteiger partial charge in [-0.05, 0) is 24.6 Å². The Morgan fingerprint density at radius 3 is 2.67 bits per heavy atom. The van der Waals surface area contributed by atoms with Gasteiger partial charge in [0.1, 0.15) is 0 Å². The molecule has 4 N–H and O–H groups in total. The van der Waals surface area contributed by atoms with Gasteiger partial charge in [-0.3, -0.25) is 4.79 Å². The maximum absolute atomic E-state index is 12.1.